The van der Waals surface area contributed by atoms with Crippen LogP contribution in [-0.2, 0) is 17.6 Å². The van der Waals surface area contributed by atoms with E-state index in [4.69, 9.17) is 13.9 Å². The summed E-state index contributed by atoms with van der Waals surface area (Å²) in [7, 11) is 0. The van der Waals surface area contributed by atoms with E-state index >= 15 is 0 Å². The van der Waals surface area contributed by atoms with Gasteiger partial charge in [0.2, 0.25) is 0 Å². The summed E-state index contributed by atoms with van der Waals surface area (Å²) in [5.41, 5.74) is 2.44. The molecule has 98 valence electrons. The molecule has 0 spiro atoms. The summed E-state index contributed by atoms with van der Waals surface area (Å²) >= 11 is 0. The van der Waals surface area contributed by atoms with E-state index in [0.29, 0.717) is 12.2 Å². The molecule has 0 N–H and O–H groups in total. The van der Waals surface area contributed by atoms with Crippen LogP contribution in [0.3, 0.4) is 0 Å². The molecular formula is C15H14O4. The van der Waals surface area contributed by atoms with Crippen molar-refractivity contribution in [2.75, 3.05) is 13.2 Å². The fraction of sp³-hybridized carbons (Fsp3) is 0.400. The molecule has 4 heteroatoms. The highest BCUT2D eigenvalue weighted by molar-refractivity contribution is 5.83. The van der Waals surface area contributed by atoms with E-state index in [2.05, 4.69) is 0 Å². The number of fused-ring (bicyclic) bond motifs is 3. The second kappa shape index (κ2) is 4.10. The van der Waals surface area contributed by atoms with Gasteiger partial charge in [0.25, 0.3) is 0 Å². The molecule has 0 unspecified atom stereocenters. The highest BCUT2D eigenvalue weighted by Crippen LogP contribution is 2.29. The second-order valence-corrected chi connectivity index (χ2v) is 5.12. The summed E-state index contributed by atoms with van der Waals surface area (Å²) in [5.74, 6) is 0.726. The first-order valence-electron chi connectivity index (χ1n) is 6.64. The van der Waals surface area contributed by atoms with Crippen molar-refractivity contribution in [2.24, 2.45) is 0 Å². The topological polar surface area (TPSA) is 52.0 Å². The zero-order valence-corrected chi connectivity index (χ0v) is 10.5. The standard InChI is InChI=1S/C15H14O4/c16-15-13-3-1-2-11(13)12-5-4-9(6-14(12)19-15)17-7-10-8-18-10/h4-6,10H,1-3,7-8H2/t10-/m1/s1. The van der Waals surface area contributed by atoms with Gasteiger partial charge in [-0.25, -0.2) is 4.79 Å². The molecule has 1 aliphatic heterocycles. The average Bonchev–Trinajstić information content (AvgIpc) is 3.10. The summed E-state index contributed by atoms with van der Waals surface area (Å²) in [6, 6.07) is 5.73. The molecule has 1 aromatic carbocycles. The van der Waals surface area contributed by atoms with Crippen molar-refractivity contribution >= 4 is 11.0 Å². The lowest BCUT2D eigenvalue weighted by Gasteiger charge is -2.07. The summed E-state index contributed by atoms with van der Waals surface area (Å²) in [4.78, 5) is 11.9. The fourth-order valence-corrected chi connectivity index (χ4v) is 2.71. The molecule has 1 atom stereocenters. The molecule has 2 heterocycles. The zero-order valence-electron chi connectivity index (χ0n) is 10.5. The third kappa shape index (κ3) is 1.92. The molecule has 1 fully saturated rings. The lowest BCUT2D eigenvalue weighted by atomic mass is 10.1. The van der Waals surface area contributed by atoms with E-state index in [0.717, 1.165) is 48.1 Å². The third-order valence-electron chi connectivity index (χ3n) is 3.78. The Bertz CT molecular complexity index is 697. The molecule has 4 nitrogen and oxygen atoms in total. The molecule has 2 aromatic rings. The molecule has 2 aliphatic rings. The first-order chi connectivity index (χ1) is 9.31. The maximum Gasteiger partial charge on any atom is 0.339 e. The van der Waals surface area contributed by atoms with Gasteiger partial charge in [-0.15, -0.1) is 0 Å². The van der Waals surface area contributed by atoms with Crippen LogP contribution in [0.4, 0.5) is 0 Å². The van der Waals surface area contributed by atoms with Gasteiger partial charge in [-0.2, -0.15) is 0 Å². The number of ether oxygens (including phenoxy) is 2. The van der Waals surface area contributed by atoms with Crippen LogP contribution in [0, 0.1) is 0 Å². The predicted octanol–water partition coefficient (Wildman–Crippen LogP) is 2.06. The molecule has 0 saturated carbocycles. The molecule has 1 aromatic heterocycles. The Morgan fingerprint density at radius 3 is 2.95 bits per heavy atom. The van der Waals surface area contributed by atoms with Gasteiger partial charge in [0.15, 0.2) is 0 Å². The minimum Gasteiger partial charge on any atom is -0.491 e. The van der Waals surface area contributed by atoms with Crippen LogP contribution >= 0.6 is 0 Å². The van der Waals surface area contributed by atoms with Gasteiger partial charge in [0.05, 0.1) is 6.61 Å². The van der Waals surface area contributed by atoms with Crippen LogP contribution in [0.15, 0.2) is 27.4 Å². The largest absolute Gasteiger partial charge is 0.491 e. The van der Waals surface area contributed by atoms with Crippen LogP contribution in [0.5, 0.6) is 5.75 Å². The van der Waals surface area contributed by atoms with Crippen LogP contribution in [0.2, 0.25) is 0 Å². The Labute approximate surface area is 109 Å². The summed E-state index contributed by atoms with van der Waals surface area (Å²) in [6.07, 6.45) is 3.07. The van der Waals surface area contributed by atoms with Crippen molar-refractivity contribution in [1.29, 1.82) is 0 Å². The molecule has 0 radical (unpaired) electrons. The third-order valence-corrected chi connectivity index (χ3v) is 3.78. The first-order valence-corrected chi connectivity index (χ1v) is 6.64. The molecule has 1 saturated heterocycles. The fourth-order valence-electron chi connectivity index (χ4n) is 2.71. The number of rotatable bonds is 3. The van der Waals surface area contributed by atoms with Crippen molar-refractivity contribution in [3.05, 3.63) is 39.7 Å². The van der Waals surface area contributed by atoms with Gasteiger partial charge in [-0.05, 0) is 37.0 Å². The lowest BCUT2D eigenvalue weighted by molar-refractivity contribution is 0.263. The molecule has 19 heavy (non-hydrogen) atoms. The van der Waals surface area contributed by atoms with Crippen molar-refractivity contribution in [3.8, 4) is 5.75 Å². The number of hydrogen-bond donors (Lipinski definition) is 0. The van der Waals surface area contributed by atoms with Crippen molar-refractivity contribution in [1.82, 2.24) is 0 Å². The Hall–Kier alpha value is -1.81. The van der Waals surface area contributed by atoms with Gasteiger partial charge in [0, 0.05) is 17.0 Å². The van der Waals surface area contributed by atoms with E-state index < -0.39 is 0 Å². The van der Waals surface area contributed by atoms with E-state index in [1.807, 2.05) is 12.1 Å². The van der Waals surface area contributed by atoms with E-state index in [-0.39, 0.29) is 11.7 Å². The SMILES string of the molecule is O=c1oc2cc(OC[C@@H]3CO3)ccc2c2c1CCC2. The van der Waals surface area contributed by atoms with Crippen LogP contribution in [-0.4, -0.2) is 19.3 Å². The van der Waals surface area contributed by atoms with Gasteiger partial charge in [0.1, 0.15) is 24.0 Å². The summed E-state index contributed by atoms with van der Waals surface area (Å²) < 4.78 is 16.1. The number of aryl methyl sites for hydroxylation is 1. The average molecular weight is 258 g/mol. The van der Waals surface area contributed by atoms with Gasteiger partial charge in [-0.3, -0.25) is 0 Å². The van der Waals surface area contributed by atoms with E-state index in [9.17, 15) is 4.79 Å². The van der Waals surface area contributed by atoms with Crippen LogP contribution in [0.25, 0.3) is 11.0 Å². The van der Waals surface area contributed by atoms with E-state index in [1.165, 1.54) is 0 Å². The van der Waals surface area contributed by atoms with Crippen LogP contribution in [0.1, 0.15) is 17.5 Å². The normalized spacial score (nSPS) is 20.5. The minimum atomic E-state index is -0.192. The minimum absolute atomic E-state index is 0.192. The zero-order chi connectivity index (χ0) is 12.8. The Balaban J connectivity index is 1.76. The smallest absolute Gasteiger partial charge is 0.339 e. The molecular weight excluding hydrogens is 244 g/mol. The summed E-state index contributed by atoms with van der Waals surface area (Å²) in [6.45, 7) is 1.33. The first kappa shape index (κ1) is 11.1. The van der Waals surface area contributed by atoms with E-state index in [1.54, 1.807) is 6.07 Å². The van der Waals surface area contributed by atoms with Crippen LogP contribution < -0.4 is 10.4 Å². The monoisotopic (exact) mass is 258 g/mol. The van der Waals surface area contributed by atoms with Gasteiger partial charge in [-0.1, -0.05) is 0 Å². The van der Waals surface area contributed by atoms with Gasteiger partial charge < -0.3 is 13.9 Å². The number of benzene rings is 1. The Kier molecular flexibility index (Phi) is 2.38. The maximum atomic E-state index is 11.9. The number of hydrogen-bond acceptors (Lipinski definition) is 4. The van der Waals surface area contributed by atoms with Crippen molar-refractivity contribution in [3.63, 3.8) is 0 Å². The maximum absolute atomic E-state index is 11.9. The van der Waals surface area contributed by atoms with Crippen molar-refractivity contribution in [2.45, 2.75) is 25.4 Å². The number of epoxide rings is 1. The molecule has 0 amide bonds. The highest BCUT2D eigenvalue weighted by Gasteiger charge is 2.23. The second-order valence-electron chi connectivity index (χ2n) is 5.12. The lowest BCUT2D eigenvalue weighted by Crippen LogP contribution is -2.07. The van der Waals surface area contributed by atoms with Crippen molar-refractivity contribution < 1.29 is 13.9 Å². The Morgan fingerprint density at radius 1 is 1.26 bits per heavy atom. The molecule has 1 aliphatic carbocycles. The van der Waals surface area contributed by atoms with Gasteiger partial charge >= 0.3 is 5.63 Å². The highest BCUT2D eigenvalue weighted by atomic mass is 16.6. The Morgan fingerprint density at radius 2 is 2.11 bits per heavy atom. The predicted molar refractivity (Wildman–Crippen MR) is 69.7 cm³/mol. The molecule has 4 rings (SSSR count). The summed E-state index contributed by atoms with van der Waals surface area (Å²) in [5, 5.41) is 1.04. The quantitative estimate of drug-likeness (QED) is 0.624. The molecule has 0 bridgehead atoms.